The van der Waals surface area contributed by atoms with Crippen LogP contribution in [0.2, 0.25) is 5.02 Å². The van der Waals surface area contributed by atoms with Gasteiger partial charge < -0.3 is 9.32 Å². The van der Waals surface area contributed by atoms with E-state index in [1.807, 2.05) is 32.9 Å². The number of likely N-dealkylation sites (tertiary alicyclic amines) is 1. The monoisotopic (exact) mass is 359 g/mol. The molecule has 1 amide bonds. The smallest absolute Gasteiger partial charge is 0.290 e. The van der Waals surface area contributed by atoms with Gasteiger partial charge in [0.15, 0.2) is 11.3 Å². The van der Waals surface area contributed by atoms with Gasteiger partial charge in [-0.05, 0) is 51.3 Å². The number of benzene rings is 1. The standard InChI is InChI=1S/C18H18ClN3O3/c1-9-7-12-10(2)16(24-17(12)13(19)8-9)18(23)22-6-4-5-14(22)15-11(3)20-25-21-15/h7-8,14H,4-6H2,1-3H3. The SMILES string of the molecule is Cc1cc(Cl)c2oc(C(=O)N3CCCC3c3nonc3C)c(C)c2c1. The van der Waals surface area contributed by atoms with Gasteiger partial charge in [0.2, 0.25) is 0 Å². The van der Waals surface area contributed by atoms with Crippen LogP contribution in [0.1, 0.15) is 52.0 Å². The van der Waals surface area contributed by atoms with E-state index in [4.69, 9.17) is 20.6 Å². The topological polar surface area (TPSA) is 72.4 Å². The number of hydrogen-bond acceptors (Lipinski definition) is 5. The summed E-state index contributed by atoms with van der Waals surface area (Å²) in [5.74, 6) is 0.191. The maximum absolute atomic E-state index is 13.2. The fourth-order valence-corrected chi connectivity index (χ4v) is 3.89. The van der Waals surface area contributed by atoms with E-state index in [0.717, 1.165) is 29.4 Å². The van der Waals surface area contributed by atoms with E-state index in [1.165, 1.54) is 0 Å². The molecule has 4 rings (SSSR count). The minimum absolute atomic E-state index is 0.136. The van der Waals surface area contributed by atoms with Crippen LogP contribution in [0.5, 0.6) is 0 Å². The largest absolute Gasteiger partial charge is 0.449 e. The molecular formula is C18H18ClN3O3. The molecule has 130 valence electrons. The van der Waals surface area contributed by atoms with E-state index in [-0.39, 0.29) is 11.9 Å². The summed E-state index contributed by atoms with van der Waals surface area (Å²) in [5, 5.41) is 9.22. The molecule has 1 saturated heterocycles. The van der Waals surface area contributed by atoms with E-state index < -0.39 is 0 Å². The minimum Gasteiger partial charge on any atom is -0.449 e. The van der Waals surface area contributed by atoms with Crippen LogP contribution in [0.25, 0.3) is 11.0 Å². The van der Waals surface area contributed by atoms with Gasteiger partial charge in [0.05, 0.1) is 11.1 Å². The minimum atomic E-state index is -0.146. The molecule has 3 heterocycles. The van der Waals surface area contributed by atoms with Crippen LogP contribution < -0.4 is 0 Å². The van der Waals surface area contributed by atoms with Gasteiger partial charge in [-0.1, -0.05) is 21.9 Å². The van der Waals surface area contributed by atoms with Gasteiger partial charge in [0.25, 0.3) is 5.91 Å². The van der Waals surface area contributed by atoms with Crippen molar-refractivity contribution >= 4 is 28.5 Å². The molecule has 1 aromatic carbocycles. The number of rotatable bonds is 2. The van der Waals surface area contributed by atoms with Crippen LogP contribution in [0.15, 0.2) is 21.2 Å². The Morgan fingerprint density at radius 3 is 2.80 bits per heavy atom. The molecule has 1 aliphatic heterocycles. The normalized spacial score (nSPS) is 17.6. The lowest BCUT2D eigenvalue weighted by molar-refractivity contribution is 0.0699. The van der Waals surface area contributed by atoms with Gasteiger partial charge >= 0.3 is 0 Å². The van der Waals surface area contributed by atoms with Crippen LogP contribution in [0, 0.1) is 20.8 Å². The second-order valence-corrected chi connectivity index (χ2v) is 6.98. The molecule has 0 spiro atoms. The van der Waals surface area contributed by atoms with Crippen LogP contribution >= 0.6 is 11.6 Å². The number of fused-ring (bicyclic) bond motifs is 1. The van der Waals surface area contributed by atoms with Gasteiger partial charge in [-0.15, -0.1) is 0 Å². The summed E-state index contributed by atoms with van der Waals surface area (Å²) in [7, 11) is 0. The molecule has 6 nitrogen and oxygen atoms in total. The number of furan rings is 1. The Morgan fingerprint density at radius 2 is 2.08 bits per heavy atom. The van der Waals surface area contributed by atoms with Gasteiger partial charge in [-0.25, -0.2) is 4.63 Å². The van der Waals surface area contributed by atoms with Gasteiger partial charge in [-0.2, -0.15) is 0 Å². The van der Waals surface area contributed by atoms with E-state index in [0.29, 0.717) is 34.3 Å². The number of hydrogen-bond donors (Lipinski definition) is 0. The van der Waals surface area contributed by atoms with Crippen LogP contribution in [-0.2, 0) is 0 Å². The highest BCUT2D eigenvalue weighted by Crippen LogP contribution is 2.37. The molecule has 7 heteroatoms. The fourth-order valence-electron chi connectivity index (χ4n) is 3.58. The molecule has 2 aromatic heterocycles. The Labute approximate surface area is 149 Å². The van der Waals surface area contributed by atoms with Crippen molar-refractivity contribution in [3.8, 4) is 0 Å². The molecule has 25 heavy (non-hydrogen) atoms. The molecular weight excluding hydrogens is 342 g/mol. The molecule has 1 atom stereocenters. The van der Waals surface area contributed by atoms with Crippen molar-refractivity contribution in [2.45, 2.75) is 39.7 Å². The van der Waals surface area contributed by atoms with Gasteiger partial charge in [0.1, 0.15) is 11.4 Å². The van der Waals surface area contributed by atoms with Crippen LogP contribution in [-0.4, -0.2) is 27.7 Å². The molecule has 0 aliphatic carbocycles. The zero-order valence-electron chi connectivity index (χ0n) is 14.3. The third-order valence-corrected chi connectivity index (χ3v) is 5.13. The zero-order valence-corrected chi connectivity index (χ0v) is 15.1. The van der Waals surface area contributed by atoms with Crippen LogP contribution in [0.4, 0.5) is 0 Å². The fraction of sp³-hybridized carbons (Fsp3) is 0.389. The quantitative estimate of drug-likeness (QED) is 0.679. The number of amides is 1. The first-order valence-corrected chi connectivity index (χ1v) is 8.64. The molecule has 1 fully saturated rings. The third kappa shape index (κ3) is 2.52. The predicted molar refractivity (Wildman–Crippen MR) is 92.7 cm³/mol. The van der Waals surface area contributed by atoms with E-state index in [1.54, 1.807) is 4.90 Å². The highest BCUT2D eigenvalue weighted by atomic mass is 35.5. The molecule has 3 aromatic rings. The maximum Gasteiger partial charge on any atom is 0.290 e. The summed E-state index contributed by atoms with van der Waals surface area (Å²) in [5.41, 5.74) is 3.83. The Kier molecular flexibility index (Phi) is 3.80. The first-order valence-electron chi connectivity index (χ1n) is 8.26. The number of carbonyl (C=O) groups excluding carboxylic acids is 1. The second-order valence-electron chi connectivity index (χ2n) is 6.57. The summed E-state index contributed by atoms with van der Waals surface area (Å²) in [6.07, 6.45) is 1.74. The highest BCUT2D eigenvalue weighted by molar-refractivity contribution is 6.35. The Bertz CT molecular complexity index is 976. The lowest BCUT2D eigenvalue weighted by Crippen LogP contribution is -2.31. The van der Waals surface area contributed by atoms with Crippen LogP contribution in [0.3, 0.4) is 0 Å². The molecule has 1 aliphatic rings. The van der Waals surface area contributed by atoms with E-state index >= 15 is 0 Å². The third-order valence-electron chi connectivity index (χ3n) is 4.85. The Balaban J connectivity index is 1.76. The number of carbonyl (C=O) groups is 1. The van der Waals surface area contributed by atoms with Crippen molar-refractivity contribution in [2.24, 2.45) is 0 Å². The first-order chi connectivity index (χ1) is 12.0. The van der Waals surface area contributed by atoms with Crippen molar-refractivity contribution < 1.29 is 13.8 Å². The lowest BCUT2D eigenvalue weighted by atomic mass is 10.1. The summed E-state index contributed by atoms with van der Waals surface area (Å²) in [4.78, 5) is 15.0. The van der Waals surface area contributed by atoms with Crippen molar-refractivity contribution in [3.63, 3.8) is 0 Å². The predicted octanol–water partition coefficient (Wildman–Crippen LogP) is 4.37. The molecule has 1 unspecified atom stereocenters. The summed E-state index contributed by atoms with van der Waals surface area (Å²) in [6.45, 7) is 6.35. The number of aromatic nitrogens is 2. The van der Waals surface area contributed by atoms with Gasteiger partial charge in [0, 0.05) is 17.5 Å². The molecule has 0 bridgehead atoms. The Morgan fingerprint density at radius 1 is 1.28 bits per heavy atom. The van der Waals surface area contributed by atoms with Crippen molar-refractivity contribution in [1.29, 1.82) is 0 Å². The number of aryl methyl sites for hydroxylation is 3. The average molecular weight is 360 g/mol. The zero-order chi connectivity index (χ0) is 17.7. The Hall–Kier alpha value is -2.34. The second kappa shape index (κ2) is 5.88. The summed E-state index contributed by atoms with van der Waals surface area (Å²) < 4.78 is 10.7. The van der Waals surface area contributed by atoms with E-state index in [9.17, 15) is 4.79 Å². The summed E-state index contributed by atoms with van der Waals surface area (Å²) >= 11 is 6.29. The van der Waals surface area contributed by atoms with Crippen molar-refractivity contribution in [3.05, 3.63) is 45.4 Å². The molecule has 0 N–H and O–H groups in total. The highest BCUT2D eigenvalue weighted by Gasteiger charge is 2.36. The number of halogens is 1. The summed E-state index contributed by atoms with van der Waals surface area (Å²) in [6, 6.07) is 3.69. The van der Waals surface area contributed by atoms with Crippen molar-refractivity contribution in [2.75, 3.05) is 6.54 Å². The van der Waals surface area contributed by atoms with E-state index in [2.05, 4.69) is 10.3 Å². The number of nitrogens with zero attached hydrogens (tertiary/aromatic N) is 3. The maximum atomic E-state index is 13.2. The average Bonchev–Trinajstić information content (AvgIpc) is 3.26. The first kappa shape index (κ1) is 16.1. The molecule has 0 radical (unpaired) electrons. The van der Waals surface area contributed by atoms with Crippen molar-refractivity contribution in [1.82, 2.24) is 15.2 Å². The molecule has 0 saturated carbocycles. The van der Waals surface area contributed by atoms with Gasteiger partial charge in [-0.3, -0.25) is 4.79 Å². The lowest BCUT2D eigenvalue weighted by Gasteiger charge is -2.22.